The first-order chi connectivity index (χ1) is 17.5. The Morgan fingerprint density at radius 1 is 0.861 bits per heavy atom. The summed E-state index contributed by atoms with van der Waals surface area (Å²) in [5.41, 5.74) is 3.40. The number of hydrogen-bond donors (Lipinski definition) is 1. The van der Waals surface area contributed by atoms with Crippen LogP contribution in [0.2, 0.25) is 0 Å². The van der Waals surface area contributed by atoms with Gasteiger partial charge >= 0.3 is 5.97 Å². The van der Waals surface area contributed by atoms with Crippen LogP contribution < -0.4 is 5.32 Å². The molecular formula is C31H36N2O3. The molecule has 188 valence electrons. The summed E-state index contributed by atoms with van der Waals surface area (Å²) in [6.45, 7) is 7.34. The Morgan fingerprint density at radius 3 is 1.83 bits per heavy atom. The highest BCUT2D eigenvalue weighted by Gasteiger charge is 2.52. The van der Waals surface area contributed by atoms with E-state index in [2.05, 4.69) is 41.4 Å². The first kappa shape index (κ1) is 25.8. The van der Waals surface area contributed by atoms with Crippen molar-refractivity contribution >= 4 is 11.8 Å². The standard InChI is InChI=1S/C31H36N2O3/c1-4-36-31(35)30-27(28(23(3)34)29(32-30)26-18-12-7-13-19-26)22(2)33(20-24-14-8-5-9-15-24)21-25-16-10-6-11-17-25/h5-19,22,27-30,32H,4,20-21H2,1-3H3/t22-,27+,28+,29+,30+/m0/s1. The summed E-state index contributed by atoms with van der Waals surface area (Å²) >= 11 is 0. The van der Waals surface area contributed by atoms with Gasteiger partial charge in [-0.05, 0) is 37.5 Å². The Bertz CT molecular complexity index is 1080. The molecule has 3 aromatic carbocycles. The molecule has 1 aliphatic heterocycles. The molecule has 0 aliphatic carbocycles. The predicted octanol–water partition coefficient (Wildman–Crippen LogP) is 5.17. The highest BCUT2D eigenvalue weighted by atomic mass is 16.5. The van der Waals surface area contributed by atoms with Crippen LogP contribution in [-0.2, 0) is 27.4 Å². The smallest absolute Gasteiger partial charge is 0.323 e. The van der Waals surface area contributed by atoms with Crippen LogP contribution in [0.5, 0.6) is 0 Å². The summed E-state index contributed by atoms with van der Waals surface area (Å²) < 4.78 is 5.50. The fraction of sp³-hybridized carbons (Fsp3) is 0.355. The Kier molecular flexibility index (Phi) is 8.68. The monoisotopic (exact) mass is 484 g/mol. The van der Waals surface area contributed by atoms with Crippen molar-refractivity contribution < 1.29 is 14.3 Å². The number of nitrogens with one attached hydrogen (secondary N) is 1. The third-order valence-corrected chi connectivity index (χ3v) is 7.28. The van der Waals surface area contributed by atoms with E-state index < -0.39 is 6.04 Å². The molecule has 3 aromatic rings. The normalized spacial score (nSPS) is 22.3. The summed E-state index contributed by atoms with van der Waals surface area (Å²) in [6, 6.07) is 29.8. The number of ether oxygens (including phenoxy) is 1. The fourth-order valence-corrected chi connectivity index (χ4v) is 5.57. The van der Waals surface area contributed by atoms with Gasteiger partial charge in [0.05, 0.1) is 6.61 Å². The van der Waals surface area contributed by atoms with Crippen molar-refractivity contribution in [3.05, 3.63) is 108 Å². The SMILES string of the molecule is CCOC(=O)[C@@H]1N[C@H](c2ccccc2)[C@H](C(C)=O)[C@H]1[C@H](C)N(Cc1ccccc1)Cc1ccccc1. The lowest BCUT2D eigenvalue weighted by molar-refractivity contribution is -0.147. The molecule has 0 bridgehead atoms. The Morgan fingerprint density at radius 2 is 1.36 bits per heavy atom. The topological polar surface area (TPSA) is 58.6 Å². The third kappa shape index (κ3) is 5.92. The van der Waals surface area contributed by atoms with E-state index in [4.69, 9.17) is 4.74 Å². The van der Waals surface area contributed by atoms with Crippen molar-refractivity contribution in [2.24, 2.45) is 11.8 Å². The summed E-state index contributed by atoms with van der Waals surface area (Å²) in [7, 11) is 0. The first-order valence-electron chi connectivity index (χ1n) is 12.8. The molecule has 5 nitrogen and oxygen atoms in total. The van der Waals surface area contributed by atoms with Crippen molar-refractivity contribution in [3.8, 4) is 0 Å². The minimum absolute atomic E-state index is 0.0741. The number of Topliss-reactive ketones (excluding diaryl/α,β-unsaturated/α-hetero) is 1. The summed E-state index contributed by atoms with van der Waals surface area (Å²) in [5.74, 6) is -0.817. The number of carbonyl (C=O) groups excluding carboxylic acids is 2. The zero-order valence-electron chi connectivity index (χ0n) is 21.3. The number of carbonyl (C=O) groups is 2. The van der Waals surface area contributed by atoms with E-state index in [9.17, 15) is 9.59 Å². The van der Waals surface area contributed by atoms with Crippen molar-refractivity contribution in [1.82, 2.24) is 10.2 Å². The summed E-state index contributed by atoms with van der Waals surface area (Å²) in [5, 5.41) is 3.51. The van der Waals surface area contributed by atoms with E-state index in [-0.39, 0.29) is 35.7 Å². The van der Waals surface area contributed by atoms with Crippen LogP contribution in [0.25, 0.3) is 0 Å². The lowest BCUT2D eigenvalue weighted by atomic mass is 9.77. The third-order valence-electron chi connectivity index (χ3n) is 7.28. The van der Waals surface area contributed by atoms with Crippen molar-refractivity contribution in [1.29, 1.82) is 0 Å². The van der Waals surface area contributed by atoms with E-state index >= 15 is 0 Å². The molecule has 1 saturated heterocycles. The van der Waals surface area contributed by atoms with Crippen molar-refractivity contribution in [3.63, 3.8) is 0 Å². The average Bonchev–Trinajstić information content (AvgIpc) is 3.31. The maximum atomic E-state index is 13.2. The Hall–Kier alpha value is -3.28. The number of ketones is 1. The van der Waals surface area contributed by atoms with E-state index in [1.54, 1.807) is 6.92 Å². The molecular weight excluding hydrogens is 448 g/mol. The second-order valence-corrected chi connectivity index (χ2v) is 9.62. The fourth-order valence-electron chi connectivity index (χ4n) is 5.57. The maximum Gasteiger partial charge on any atom is 0.323 e. The van der Waals surface area contributed by atoms with Crippen LogP contribution in [0.4, 0.5) is 0 Å². The molecule has 0 aromatic heterocycles. The van der Waals surface area contributed by atoms with Crippen LogP contribution in [0, 0.1) is 11.8 Å². The molecule has 0 amide bonds. The lowest BCUT2D eigenvalue weighted by Gasteiger charge is -2.37. The minimum atomic E-state index is -0.576. The Balaban J connectivity index is 1.73. The molecule has 1 aliphatic rings. The molecule has 36 heavy (non-hydrogen) atoms. The molecule has 0 unspecified atom stereocenters. The summed E-state index contributed by atoms with van der Waals surface area (Å²) in [4.78, 5) is 28.8. The van der Waals surface area contributed by atoms with Gasteiger partial charge in [-0.2, -0.15) is 0 Å². The number of esters is 1. The van der Waals surface area contributed by atoms with Gasteiger partial charge in [0.25, 0.3) is 0 Å². The van der Waals surface area contributed by atoms with Gasteiger partial charge in [-0.3, -0.25) is 19.8 Å². The van der Waals surface area contributed by atoms with Crippen molar-refractivity contribution in [2.75, 3.05) is 6.61 Å². The van der Waals surface area contributed by atoms with E-state index in [1.165, 1.54) is 11.1 Å². The van der Waals surface area contributed by atoms with Crippen LogP contribution in [0.1, 0.15) is 43.5 Å². The highest BCUT2D eigenvalue weighted by molar-refractivity contribution is 5.84. The van der Waals surface area contributed by atoms with Crippen molar-refractivity contribution in [2.45, 2.75) is 52.0 Å². The molecule has 4 rings (SSSR count). The molecule has 1 N–H and O–H groups in total. The van der Waals surface area contributed by atoms with Gasteiger partial charge < -0.3 is 4.74 Å². The Labute approximate surface area is 214 Å². The minimum Gasteiger partial charge on any atom is -0.465 e. The second-order valence-electron chi connectivity index (χ2n) is 9.62. The van der Waals surface area contributed by atoms with E-state index in [1.807, 2.05) is 73.7 Å². The highest BCUT2D eigenvalue weighted by Crippen LogP contribution is 2.42. The zero-order chi connectivity index (χ0) is 25.5. The molecule has 0 spiro atoms. The van der Waals surface area contributed by atoms with Gasteiger partial charge in [-0.1, -0.05) is 91.0 Å². The molecule has 5 atom stereocenters. The maximum absolute atomic E-state index is 13.2. The van der Waals surface area contributed by atoms with Gasteiger partial charge in [0, 0.05) is 37.0 Å². The quantitative estimate of drug-likeness (QED) is 0.402. The predicted molar refractivity (Wildman–Crippen MR) is 142 cm³/mol. The van der Waals surface area contributed by atoms with E-state index in [0.29, 0.717) is 19.7 Å². The molecule has 0 radical (unpaired) electrons. The van der Waals surface area contributed by atoms with Gasteiger partial charge in [0.1, 0.15) is 11.8 Å². The summed E-state index contributed by atoms with van der Waals surface area (Å²) in [6.07, 6.45) is 0. The average molecular weight is 485 g/mol. The molecule has 1 fully saturated rings. The molecule has 1 heterocycles. The van der Waals surface area contributed by atoms with Crippen LogP contribution in [0.3, 0.4) is 0 Å². The van der Waals surface area contributed by atoms with Crippen LogP contribution in [-0.4, -0.2) is 35.3 Å². The van der Waals surface area contributed by atoms with Crippen LogP contribution >= 0.6 is 0 Å². The number of rotatable bonds is 10. The number of hydrogen-bond acceptors (Lipinski definition) is 5. The van der Waals surface area contributed by atoms with Gasteiger partial charge in [-0.15, -0.1) is 0 Å². The second kappa shape index (κ2) is 12.1. The van der Waals surface area contributed by atoms with E-state index in [0.717, 1.165) is 5.56 Å². The van der Waals surface area contributed by atoms with Gasteiger partial charge in [-0.25, -0.2) is 0 Å². The largest absolute Gasteiger partial charge is 0.465 e. The van der Waals surface area contributed by atoms with Crippen LogP contribution in [0.15, 0.2) is 91.0 Å². The zero-order valence-corrected chi connectivity index (χ0v) is 21.3. The van der Waals surface area contributed by atoms with Gasteiger partial charge in [0.15, 0.2) is 0 Å². The number of benzene rings is 3. The lowest BCUT2D eigenvalue weighted by Crippen LogP contribution is -2.48. The van der Waals surface area contributed by atoms with Gasteiger partial charge in [0.2, 0.25) is 0 Å². The molecule has 0 saturated carbocycles. The number of nitrogens with zero attached hydrogens (tertiary/aromatic N) is 1. The molecule has 5 heteroatoms. The first-order valence-corrected chi connectivity index (χ1v) is 12.8.